The summed E-state index contributed by atoms with van der Waals surface area (Å²) in [6.07, 6.45) is 3.90. The molecule has 1 atom stereocenters. The lowest BCUT2D eigenvalue weighted by Gasteiger charge is -2.30. The number of rotatable bonds is 3. The van der Waals surface area contributed by atoms with E-state index in [1.54, 1.807) is 4.68 Å². The Bertz CT molecular complexity index is 432. The van der Waals surface area contributed by atoms with E-state index in [9.17, 15) is 4.79 Å². The summed E-state index contributed by atoms with van der Waals surface area (Å²) in [7, 11) is 2.12. The number of piperidine rings is 1. The van der Waals surface area contributed by atoms with Crippen molar-refractivity contribution < 1.29 is 4.79 Å². The molecule has 19 heavy (non-hydrogen) atoms. The molecule has 1 aromatic rings. The van der Waals surface area contributed by atoms with Gasteiger partial charge in [0.05, 0.1) is 10.2 Å². The second kappa shape index (κ2) is 6.05. The summed E-state index contributed by atoms with van der Waals surface area (Å²) < 4.78 is 2.65. The number of halogens is 1. The van der Waals surface area contributed by atoms with Gasteiger partial charge < -0.3 is 10.2 Å². The molecule has 1 amide bonds. The van der Waals surface area contributed by atoms with Gasteiger partial charge in [-0.3, -0.25) is 9.48 Å². The molecule has 1 N–H and O–H groups in total. The maximum absolute atomic E-state index is 12.2. The maximum atomic E-state index is 12.2. The van der Waals surface area contributed by atoms with E-state index in [2.05, 4.69) is 38.3 Å². The monoisotopic (exact) mass is 328 g/mol. The second-order valence-corrected chi connectivity index (χ2v) is 6.16. The van der Waals surface area contributed by atoms with Crippen LogP contribution in [0.15, 0.2) is 10.7 Å². The van der Waals surface area contributed by atoms with E-state index >= 15 is 0 Å². The van der Waals surface area contributed by atoms with E-state index in [0.29, 0.717) is 6.04 Å². The van der Waals surface area contributed by atoms with Crippen LogP contribution >= 0.6 is 15.9 Å². The highest BCUT2D eigenvalue weighted by Crippen LogP contribution is 2.17. The first-order chi connectivity index (χ1) is 8.97. The fourth-order valence-electron chi connectivity index (χ4n) is 2.25. The molecule has 2 heterocycles. The summed E-state index contributed by atoms with van der Waals surface area (Å²) in [5.41, 5.74) is 0.902. The van der Waals surface area contributed by atoms with E-state index < -0.39 is 0 Å². The molecule has 1 fully saturated rings. The van der Waals surface area contributed by atoms with E-state index in [-0.39, 0.29) is 11.9 Å². The third-order valence-corrected chi connectivity index (χ3v) is 4.48. The van der Waals surface area contributed by atoms with E-state index in [4.69, 9.17) is 0 Å². The topological polar surface area (TPSA) is 50.2 Å². The first-order valence-electron chi connectivity index (χ1n) is 6.67. The van der Waals surface area contributed by atoms with Crippen molar-refractivity contribution in [2.75, 3.05) is 20.1 Å². The molecular formula is C13H21BrN4O. The van der Waals surface area contributed by atoms with Gasteiger partial charge in [0.2, 0.25) is 5.91 Å². The molecule has 5 nitrogen and oxygen atoms in total. The molecule has 6 heteroatoms. The molecule has 0 bridgehead atoms. The average Bonchev–Trinajstić information content (AvgIpc) is 2.71. The van der Waals surface area contributed by atoms with Crippen LogP contribution in [0, 0.1) is 6.92 Å². The lowest BCUT2D eigenvalue weighted by molar-refractivity contribution is -0.125. The van der Waals surface area contributed by atoms with Gasteiger partial charge >= 0.3 is 0 Å². The van der Waals surface area contributed by atoms with Crippen molar-refractivity contribution in [3.05, 3.63) is 16.4 Å². The SMILES string of the molecule is Cc1nn([C@@H](C)C(=O)NC2CCN(C)CC2)cc1Br. The summed E-state index contributed by atoms with van der Waals surface area (Å²) in [6.45, 7) is 5.89. The molecular weight excluding hydrogens is 308 g/mol. The lowest BCUT2D eigenvalue weighted by atomic mass is 10.1. The predicted molar refractivity (Wildman–Crippen MR) is 78.0 cm³/mol. The molecule has 106 valence electrons. The first-order valence-corrected chi connectivity index (χ1v) is 7.47. The van der Waals surface area contributed by atoms with Gasteiger partial charge in [0.25, 0.3) is 0 Å². The predicted octanol–water partition coefficient (Wildman–Crippen LogP) is 1.73. The van der Waals surface area contributed by atoms with E-state index in [1.807, 2.05) is 20.0 Å². The van der Waals surface area contributed by atoms with Crippen LogP contribution in [0.1, 0.15) is 31.5 Å². The maximum Gasteiger partial charge on any atom is 0.244 e. The number of likely N-dealkylation sites (tertiary alicyclic amines) is 1. The molecule has 0 aliphatic carbocycles. The van der Waals surface area contributed by atoms with Crippen molar-refractivity contribution >= 4 is 21.8 Å². The fourth-order valence-corrected chi connectivity index (χ4v) is 2.54. The Hall–Kier alpha value is -0.880. The minimum absolute atomic E-state index is 0.0459. The molecule has 2 rings (SSSR count). The molecule has 0 aromatic carbocycles. The molecule has 0 spiro atoms. The van der Waals surface area contributed by atoms with Gasteiger partial charge in [-0.25, -0.2) is 0 Å². The van der Waals surface area contributed by atoms with Crippen LogP contribution in [0.25, 0.3) is 0 Å². The number of hydrogen-bond donors (Lipinski definition) is 1. The van der Waals surface area contributed by atoms with Gasteiger partial charge in [0, 0.05) is 12.2 Å². The molecule has 1 saturated heterocycles. The molecule has 1 aromatic heterocycles. The van der Waals surface area contributed by atoms with Crippen LogP contribution in [-0.2, 0) is 4.79 Å². The number of carbonyl (C=O) groups is 1. The minimum atomic E-state index is -0.273. The van der Waals surface area contributed by atoms with Crippen LogP contribution in [-0.4, -0.2) is 46.8 Å². The first kappa shape index (κ1) is 14.5. The zero-order valence-corrected chi connectivity index (χ0v) is 13.3. The van der Waals surface area contributed by atoms with Crippen LogP contribution in [0.5, 0.6) is 0 Å². The second-order valence-electron chi connectivity index (χ2n) is 5.30. The normalized spacial score (nSPS) is 19.4. The fraction of sp³-hybridized carbons (Fsp3) is 0.692. The number of nitrogens with one attached hydrogen (secondary N) is 1. The number of hydrogen-bond acceptors (Lipinski definition) is 3. The highest BCUT2D eigenvalue weighted by Gasteiger charge is 2.22. The quantitative estimate of drug-likeness (QED) is 0.919. The Morgan fingerprint density at radius 3 is 2.68 bits per heavy atom. The molecule has 1 aliphatic heterocycles. The van der Waals surface area contributed by atoms with Crippen LogP contribution in [0.4, 0.5) is 0 Å². The lowest BCUT2D eigenvalue weighted by Crippen LogP contribution is -2.45. The van der Waals surface area contributed by atoms with Crippen molar-refractivity contribution in [3.8, 4) is 0 Å². The smallest absolute Gasteiger partial charge is 0.244 e. The third kappa shape index (κ3) is 3.57. The number of nitrogens with zero attached hydrogens (tertiary/aromatic N) is 3. The molecule has 1 aliphatic rings. The van der Waals surface area contributed by atoms with Crippen molar-refractivity contribution in [3.63, 3.8) is 0 Å². The van der Waals surface area contributed by atoms with Crippen molar-refractivity contribution in [2.24, 2.45) is 0 Å². The average molecular weight is 329 g/mol. The highest BCUT2D eigenvalue weighted by molar-refractivity contribution is 9.10. The Morgan fingerprint density at radius 2 is 2.16 bits per heavy atom. The van der Waals surface area contributed by atoms with Gasteiger partial charge in [0.1, 0.15) is 6.04 Å². The van der Waals surface area contributed by atoms with Crippen molar-refractivity contribution in [2.45, 2.75) is 38.8 Å². The Labute approximate surface area is 122 Å². The van der Waals surface area contributed by atoms with Gasteiger partial charge in [-0.05, 0) is 62.8 Å². The highest BCUT2D eigenvalue weighted by atomic mass is 79.9. The standard InChI is InChI=1S/C13H21BrN4O/c1-9-12(14)8-18(16-9)10(2)13(19)15-11-4-6-17(3)7-5-11/h8,10-11H,4-7H2,1-3H3,(H,15,19)/t10-/m0/s1. The number of carbonyl (C=O) groups excluding carboxylic acids is 1. The number of aromatic nitrogens is 2. The zero-order valence-electron chi connectivity index (χ0n) is 11.7. The summed E-state index contributed by atoms with van der Waals surface area (Å²) in [6, 6.07) is 0.0240. The van der Waals surface area contributed by atoms with Gasteiger partial charge in [0.15, 0.2) is 0 Å². The summed E-state index contributed by atoms with van der Waals surface area (Å²) in [5.74, 6) is 0.0459. The molecule has 0 radical (unpaired) electrons. The van der Waals surface area contributed by atoms with Crippen LogP contribution in [0.2, 0.25) is 0 Å². The zero-order chi connectivity index (χ0) is 14.0. The molecule has 0 saturated carbocycles. The number of aryl methyl sites for hydroxylation is 1. The Morgan fingerprint density at radius 1 is 1.53 bits per heavy atom. The van der Waals surface area contributed by atoms with Gasteiger partial charge in [-0.1, -0.05) is 0 Å². The summed E-state index contributed by atoms with van der Waals surface area (Å²) >= 11 is 3.42. The van der Waals surface area contributed by atoms with Gasteiger partial charge in [-0.2, -0.15) is 5.10 Å². The van der Waals surface area contributed by atoms with Crippen LogP contribution in [0.3, 0.4) is 0 Å². The Kier molecular flexibility index (Phi) is 4.62. The Balaban J connectivity index is 1.92. The van der Waals surface area contributed by atoms with Gasteiger partial charge in [-0.15, -0.1) is 0 Å². The van der Waals surface area contributed by atoms with E-state index in [0.717, 1.165) is 36.1 Å². The molecule has 0 unspecified atom stereocenters. The van der Waals surface area contributed by atoms with Crippen LogP contribution < -0.4 is 5.32 Å². The van der Waals surface area contributed by atoms with E-state index in [1.165, 1.54) is 0 Å². The summed E-state index contributed by atoms with van der Waals surface area (Å²) in [5, 5.41) is 7.46. The largest absolute Gasteiger partial charge is 0.351 e. The number of amides is 1. The third-order valence-electron chi connectivity index (χ3n) is 3.70. The van der Waals surface area contributed by atoms with Crippen molar-refractivity contribution in [1.82, 2.24) is 20.0 Å². The summed E-state index contributed by atoms with van der Waals surface area (Å²) in [4.78, 5) is 14.5. The van der Waals surface area contributed by atoms with Crippen molar-refractivity contribution in [1.29, 1.82) is 0 Å². The minimum Gasteiger partial charge on any atom is -0.351 e.